The van der Waals surface area contributed by atoms with Crippen LogP contribution in [0.2, 0.25) is 0 Å². The molecule has 3 nitrogen and oxygen atoms in total. The molecular weight excluding hydrogens is 200 g/mol. The largest absolute Gasteiger partial charge is 0.381 e. The van der Waals surface area contributed by atoms with E-state index in [-0.39, 0.29) is 0 Å². The lowest BCUT2D eigenvalue weighted by atomic mass is 10.1. The van der Waals surface area contributed by atoms with Gasteiger partial charge >= 0.3 is 0 Å². The van der Waals surface area contributed by atoms with Gasteiger partial charge in [-0.25, -0.2) is 0 Å². The van der Waals surface area contributed by atoms with Crippen LogP contribution in [0.15, 0.2) is 0 Å². The molecule has 2 fully saturated rings. The molecule has 16 heavy (non-hydrogen) atoms. The second-order valence-corrected chi connectivity index (χ2v) is 5.23. The first-order valence-electron chi connectivity index (χ1n) is 6.92. The SMILES string of the molecule is CCC1CN(CCCOCC2CC2)CCN1. The Morgan fingerprint density at radius 1 is 1.38 bits per heavy atom. The summed E-state index contributed by atoms with van der Waals surface area (Å²) in [5, 5.41) is 3.55. The number of hydrogen-bond acceptors (Lipinski definition) is 3. The van der Waals surface area contributed by atoms with E-state index in [0.29, 0.717) is 6.04 Å². The van der Waals surface area contributed by atoms with Crippen LogP contribution in [0.4, 0.5) is 0 Å². The van der Waals surface area contributed by atoms with Crippen LogP contribution in [0, 0.1) is 5.92 Å². The van der Waals surface area contributed by atoms with Crippen molar-refractivity contribution in [3.05, 3.63) is 0 Å². The van der Waals surface area contributed by atoms with E-state index in [1.165, 1.54) is 45.3 Å². The zero-order chi connectivity index (χ0) is 11.2. The van der Waals surface area contributed by atoms with E-state index in [9.17, 15) is 0 Å². The van der Waals surface area contributed by atoms with Crippen molar-refractivity contribution in [2.75, 3.05) is 39.4 Å². The third-order valence-corrected chi connectivity index (χ3v) is 3.65. The predicted octanol–water partition coefficient (Wildman–Crippen LogP) is 1.49. The number of rotatable bonds is 7. The van der Waals surface area contributed by atoms with Crippen LogP contribution in [0.25, 0.3) is 0 Å². The molecule has 1 aliphatic carbocycles. The molecule has 0 spiro atoms. The average molecular weight is 226 g/mol. The first-order valence-corrected chi connectivity index (χ1v) is 6.92. The smallest absolute Gasteiger partial charge is 0.0494 e. The summed E-state index contributed by atoms with van der Waals surface area (Å²) in [6.45, 7) is 9.03. The average Bonchev–Trinajstić information content (AvgIpc) is 3.13. The van der Waals surface area contributed by atoms with Gasteiger partial charge in [0.15, 0.2) is 0 Å². The molecular formula is C13H26N2O. The van der Waals surface area contributed by atoms with Gasteiger partial charge in [-0.05, 0) is 31.6 Å². The molecule has 0 amide bonds. The molecule has 1 N–H and O–H groups in total. The highest BCUT2D eigenvalue weighted by atomic mass is 16.5. The van der Waals surface area contributed by atoms with Crippen molar-refractivity contribution < 1.29 is 4.74 Å². The van der Waals surface area contributed by atoms with Crippen LogP contribution in [-0.4, -0.2) is 50.3 Å². The van der Waals surface area contributed by atoms with Gasteiger partial charge in [0.25, 0.3) is 0 Å². The van der Waals surface area contributed by atoms with Gasteiger partial charge in [-0.2, -0.15) is 0 Å². The highest BCUT2D eigenvalue weighted by Crippen LogP contribution is 2.28. The zero-order valence-electron chi connectivity index (χ0n) is 10.6. The summed E-state index contributed by atoms with van der Waals surface area (Å²) in [6.07, 6.45) is 5.24. The van der Waals surface area contributed by atoms with Crippen molar-refractivity contribution in [3.63, 3.8) is 0 Å². The van der Waals surface area contributed by atoms with E-state index in [0.717, 1.165) is 25.7 Å². The van der Waals surface area contributed by atoms with Crippen LogP contribution in [-0.2, 0) is 4.74 Å². The van der Waals surface area contributed by atoms with Gasteiger partial charge in [0.05, 0.1) is 0 Å². The Labute approximate surface area is 99.5 Å². The molecule has 2 rings (SSSR count). The van der Waals surface area contributed by atoms with Gasteiger partial charge < -0.3 is 15.0 Å². The molecule has 0 radical (unpaired) electrons. The predicted molar refractivity (Wildman–Crippen MR) is 66.7 cm³/mol. The number of nitrogens with one attached hydrogen (secondary N) is 1. The second-order valence-electron chi connectivity index (χ2n) is 5.23. The Morgan fingerprint density at radius 2 is 2.25 bits per heavy atom. The van der Waals surface area contributed by atoms with E-state index in [2.05, 4.69) is 17.1 Å². The van der Waals surface area contributed by atoms with Gasteiger partial charge in [-0.1, -0.05) is 6.92 Å². The Hall–Kier alpha value is -0.120. The topological polar surface area (TPSA) is 24.5 Å². The molecule has 0 aromatic rings. The maximum atomic E-state index is 5.66. The Balaban J connectivity index is 1.47. The van der Waals surface area contributed by atoms with Crippen molar-refractivity contribution in [2.24, 2.45) is 5.92 Å². The Kier molecular flexibility index (Phi) is 5.07. The minimum atomic E-state index is 0.709. The Morgan fingerprint density at radius 3 is 3.00 bits per heavy atom. The quantitative estimate of drug-likeness (QED) is 0.666. The normalized spacial score (nSPS) is 27.2. The third-order valence-electron chi connectivity index (χ3n) is 3.65. The van der Waals surface area contributed by atoms with E-state index in [4.69, 9.17) is 4.74 Å². The molecule has 1 aliphatic heterocycles. The lowest BCUT2D eigenvalue weighted by molar-refractivity contribution is 0.106. The molecule has 94 valence electrons. The molecule has 0 bridgehead atoms. The molecule has 2 aliphatic rings. The fraction of sp³-hybridized carbons (Fsp3) is 1.00. The van der Waals surface area contributed by atoms with Crippen LogP contribution < -0.4 is 5.32 Å². The van der Waals surface area contributed by atoms with E-state index < -0.39 is 0 Å². The third kappa shape index (κ3) is 4.40. The molecule has 1 atom stereocenters. The lowest BCUT2D eigenvalue weighted by Crippen LogP contribution is -2.50. The summed E-state index contributed by atoms with van der Waals surface area (Å²) < 4.78 is 5.66. The minimum Gasteiger partial charge on any atom is -0.381 e. The van der Waals surface area contributed by atoms with Crippen LogP contribution in [0.3, 0.4) is 0 Å². The van der Waals surface area contributed by atoms with Gasteiger partial charge in [-0.15, -0.1) is 0 Å². The highest BCUT2D eigenvalue weighted by Gasteiger charge is 2.21. The summed E-state index contributed by atoms with van der Waals surface area (Å²) in [4.78, 5) is 2.57. The summed E-state index contributed by atoms with van der Waals surface area (Å²) in [7, 11) is 0. The van der Waals surface area contributed by atoms with Gasteiger partial charge in [0.2, 0.25) is 0 Å². The summed E-state index contributed by atoms with van der Waals surface area (Å²) in [5.41, 5.74) is 0. The molecule has 1 heterocycles. The maximum Gasteiger partial charge on any atom is 0.0494 e. The molecule has 1 saturated heterocycles. The molecule has 3 heteroatoms. The molecule has 0 aromatic carbocycles. The summed E-state index contributed by atoms with van der Waals surface area (Å²) in [6, 6.07) is 0.709. The van der Waals surface area contributed by atoms with E-state index >= 15 is 0 Å². The monoisotopic (exact) mass is 226 g/mol. The zero-order valence-corrected chi connectivity index (χ0v) is 10.6. The van der Waals surface area contributed by atoms with Crippen molar-refractivity contribution in [1.29, 1.82) is 0 Å². The van der Waals surface area contributed by atoms with Gasteiger partial charge in [0, 0.05) is 45.4 Å². The van der Waals surface area contributed by atoms with Crippen molar-refractivity contribution in [2.45, 2.75) is 38.6 Å². The van der Waals surface area contributed by atoms with Gasteiger partial charge in [0.1, 0.15) is 0 Å². The standard InChI is InChI=1S/C13H26N2O/c1-2-13-10-15(8-6-14-13)7-3-9-16-11-12-4-5-12/h12-14H,2-11H2,1H3. The minimum absolute atomic E-state index is 0.709. The molecule has 1 unspecified atom stereocenters. The van der Waals surface area contributed by atoms with Crippen LogP contribution >= 0.6 is 0 Å². The summed E-state index contributed by atoms with van der Waals surface area (Å²) in [5.74, 6) is 0.906. The number of nitrogens with zero attached hydrogens (tertiary/aromatic N) is 1. The highest BCUT2D eigenvalue weighted by molar-refractivity contribution is 4.77. The van der Waals surface area contributed by atoms with Gasteiger partial charge in [-0.3, -0.25) is 0 Å². The fourth-order valence-electron chi connectivity index (χ4n) is 2.30. The first-order chi connectivity index (χ1) is 7.88. The van der Waals surface area contributed by atoms with Crippen LogP contribution in [0.5, 0.6) is 0 Å². The van der Waals surface area contributed by atoms with Crippen molar-refractivity contribution in [3.8, 4) is 0 Å². The number of piperazine rings is 1. The van der Waals surface area contributed by atoms with E-state index in [1.54, 1.807) is 0 Å². The molecule has 1 saturated carbocycles. The number of ether oxygens (including phenoxy) is 1. The van der Waals surface area contributed by atoms with Crippen molar-refractivity contribution >= 4 is 0 Å². The second kappa shape index (κ2) is 6.58. The first kappa shape index (κ1) is 12.3. The van der Waals surface area contributed by atoms with Crippen molar-refractivity contribution in [1.82, 2.24) is 10.2 Å². The summed E-state index contributed by atoms with van der Waals surface area (Å²) >= 11 is 0. The fourth-order valence-corrected chi connectivity index (χ4v) is 2.30. The lowest BCUT2D eigenvalue weighted by Gasteiger charge is -2.33. The van der Waals surface area contributed by atoms with Crippen LogP contribution in [0.1, 0.15) is 32.6 Å². The van der Waals surface area contributed by atoms with E-state index in [1.807, 2.05) is 0 Å². The maximum absolute atomic E-state index is 5.66. The molecule has 0 aromatic heterocycles. The number of hydrogen-bond donors (Lipinski definition) is 1. The Bertz CT molecular complexity index is 194.